The van der Waals surface area contributed by atoms with Gasteiger partial charge in [-0.3, -0.25) is 14.3 Å². The van der Waals surface area contributed by atoms with Crippen molar-refractivity contribution >= 4 is 23.3 Å². The predicted molar refractivity (Wildman–Crippen MR) is 92.1 cm³/mol. The monoisotopic (exact) mass is 320 g/mol. The second-order valence-electron chi connectivity index (χ2n) is 5.92. The number of hydrazone groups is 1. The van der Waals surface area contributed by atoms with Crippen LogP contribution in [-0.2, 0) is 13.6 Å². The molecule has 0 aliphatic heterocycles. The molecule has 126 valence electrons. The summed E-state index contributed by atoms with van der Waals surface area (Å²) in [4.78, 5) is 30.7. The average Bonchev–Trinajstić information content (AvgIpc) is 2.84. The largest absolute Gasteiger partial charge is 0.329 e. The Hall–Kier alpha value is -2.38. The summed E-state index contributed by atoms with van der Waals surface area (Å²) < 4.78 is 3.13. The van der Waals surface area contributed by atoms with Crippen LogP contribution in [0.5, 0.6) is 0 Å². The lowest BCUT2D eigenvalue weighted by molar-refractivity contribution is 0.615. The van der Waals surface area contributed by atoms with Crippen LogP contribution in [0.15, 0.2) is 14.7 Å². The quantitative estimate of drug-likeness (QED) is 0.460. The Morgan fingerprint density at radius 1 is 1.35 bits per heavy atom. The molecule has 2 aromatic heterocycles. The van der Waals surface area contributed by atoms with Gasteiger partial charge in [-0.25, -0.2) is 10.2 Å². The second kappa shape index (κ2) is 7.26. The van der Waals surface area contributed by atoms with Crippen molar-refractivity contribution in [1.82, 2.24) is 19.1 Å². The molecule has 0 aliphatic carbocycles. The predicted octanol–water partition coefficient (Wildman–Crippen LogP) is 1.67. The zero-order valence-electron chi connectivity index (χ0n) is 14.1. The van der Waals surface area contributed by atoms with Crippen LogP contribution in [0, 0.1) is 5.92 Å². The fourth-order valence-electron chi connectivity index (χ4n) is 2.30. The van der Waals surface area contributed by atoms with Gasteiger partial charge < -0.3 is 4.57 Å². The molecular weight excluding hydrogens is 296 g/mol. The third-order valence-electron chi connectivity index (χ3n) is 3.53. The highest BCUT2D eigenvalue weighted by Crippen LogP contribution is 2.16. The fourth-order valence-corrected chi connectivity index (χ4v) is 2.30. The van der Waals surface area contributed by atoms with Crippen LogP contribution >= 0.6 is 0 Å². The number of nitrogens with one attached hydrogen (secondary N) is 2. The minimum atomic E-state index is -0.474. The van der Waals surface area contributed by atoms with Gasteiger partial charge in [-0.05, 0) is 12.3 Å². The summed E-state index contributed by atoms with van der Waals surface area (Å²) in [6, 6.07) is 0. The van der Waals surface area contributed by atoms with E-state index in [4.69, 9.17) is 0 Å². The maximum absolute atomic E-state index is 12.2. The SMILES string of the molecule is CCCCCn1c(N/N=C\C(C)C)nc2c1c(=O)[nH]c(=O)n2C. The summed E-state index contributed by atoms with van der Waals surface area (Å²) in [6.07, 6.45) is 4.82. The first-order valence-electron chi connectivity index (χ1n) is 7.94. The maximum atomic E-state index is 12.2. The van der Waals surface area contributed by atoms with Gasteiger partial charge in [-0.15, -0.1) is 0 Å². The van der Waals surface area contributed by atoms with Crippen molar-refractivity contribution in [2.75, 3.05) is 5.43 Å². The number of aromatic amines is 1. The molecule has 0 radical (unpaired) electrons. The molecule has 2 N–H and O–H groups in total. The third-order valence-corrected chi connectivity index (χ3v) is 3.53. The van der Waals surface area contributed by atoms with Crippen LogP contribution in [-0.4, -0.2) is 25.3 Å². The summed E-state index contributed by atoms with van der Waals surface area (Å²) in [5.41, 5.74) is 2.74. The van der Waals surface area contributed by atoms with Crippen molar-refractivity contribution in [3.63, 3.8) is 0 Å². The van der Waals surface area contributed by atoms with Crippen LogP contribution in [0.1, 0.15) is 40.0 Å². The zero-order chi connectivity index (χ0) is 17.0. The van der Waals surface area contributed by atoms with E-state index in [1.54, 1.807) is 17.8 Å². The first-order valence-corrected chi connectivity index (χ1v) is 7.94. The molecule has 0 fully saturated rings. The third kappa shape index (κ3) is 3.69. The van der Waals surface area contributed by atoms with Gasteiger partial charge in [0, 0.05) is 19.8 Å². The number of hydrogen-bond donors (Lipinski definition) is 2. The number of imidazole rings is 1. The van der Waals surface area contributed by atoms with Crippen molar-refractivity contribution in [3.8, 4) is 0 Å². The molecule has 2 rings (SSSR count). The fraction of sp³-hybridized carbons (Fsp3) is 0.600. The van der Waals surface area contributed by atoms with E-state index in [1.807, 2.05) is 13.8 Å². The van der Waals surface area contributed by atoms with Gasteiger partial charge in [0.25, 0.3) is 5.56 Å². The number of unbranched alkanes of at least 4 members (excludes halogenated alkanes) is 2. The van der Waals surface area contributed by atoms with E-state index in [0.717, 1.165) is 19.3 Å². The van der Waals surface area contributed by atoms with Crippen LogP contribution in [0.4, 0.5) is 5.95 Å². The molecule has 23 heavy (non-hydrogen) atoms. The summed E-state index contributed by atoms with van der Waals surface area (Å²) in [7, 11) is 1.59. The summed E-state index contributed by atoms with van der Waals surface area (Å²) in [5, 5.41) is 4.15. The van der Waals surface area contributed by atoms with Gasteiger partial charge in [0.05, 0.1) is 0 Å². The molecule has 0 unspecified atom stereocenters. The van der Waals surface area contributed by atoms with E-state index < -0.39 is 11.2 Å². The van der Waals surface area contributed by atoms with Crippen LogP contribution in [0.3, 0.4) is 0 Å². The lowest BCUT2D eigenvalue weighted by atomic mass is 10.2. The molecule has 8 heteroatoms. The molecule has 0 aliphatic rings. The summed E-state index contributed by atoms with van der Waals surface area (Å²) in [5.74, 6) is 0.771. The maximum Gasteiger partial charge on any atom is 0.329 e. The van der Waals surface area contributed by atoms with Gasteiger partial charge in [-0.2, -0.15) is 10.1 Å². The number of rotatable bonds is 7. The van der Waals surface area contributed by atoms with Crippen LogP contribution < -0.4 is 16.7 Å². The number of fused-ring (bicyclic) bond motifs is 1. The van der Waals surface area contributed by atoms with Crippen molar-refractivity contribution in [1.29, 1.82) is 0 Å². The highest BCUT2D eigenvalue weighted by atomic mass is 16.2. The smallest absolute Gasteiger partial charge is 0.303 e. The minimum Gasteiger partial charge on any atom is -0.303 e. The van der Waals surface area contributed by atoms with Crippen molar-refractivity contribution in [2.24, 2.45) is 18.1 Å². The van der Waals surface area contributed by atoms with E-state index >= 15 is 0 Å². The number of H-pyrrole nitrogens is 1. The number of aryl methyl sites for hydroxylation is 2. The standard InChI is InChI=1S/C15H24N6O2/c1-5-6-7-8-21-11-12(20(4)15(23)18-13(11)22)17-14(21)19-16-9-10(2)3/h9-10H,5-8H2,1-4H3,(H,17,19)(H,18,22,23)/b16-9-. The lowest BCUT2D eigenvalue weighted by Gasteiger charge is -2.07. The van der Waals surface area contributed by atoms with E-state index in [1.165, 1.54) is 4.57 Å². The number of nitrogens with zero attached hydrogens (tertiary/aromatic N) is 4. The average molecular weight is 320 g/mol. The van der Waals surface area contributed by atoms with Crippen LogP contribution in [0.25, 0.3) is 11.2 Å². The molecule has 0 saturated heterocycles. The van der Waals surface area contributed by atoms with E-state index in [0.29, 0.717) is 29.6 Å². The number of aromatic nitrogens is 4. The van der Waals surface area contributed by atoms with E-state index in [-0.39, 0.29) is 0 Å². The van der Waals surface area contributed by atoms with Crippen molar-refractivity contribution in [3.05, 3.63) is 20.8 Å². The molecule has 0 aromatic carbocycles. The molecule has 0 spiro atoms. The first kappa shape index (κ1) is 17.0. The van der Waals surface area contributed by atoms with Gasteiger partial charge in [0.15, 0.2) is 11.2 Å². The van der Waals surface area contributed by atoms with Crippen molar-refractivity contribution < 1.29 is 0 Å². The molecule has 2 aromatic rings. The Bertz CT molecular complexity index is 812. The van der Waals surface area contributed by atoms with Gasteiger partial charge in [-0.1, -0.05) is 33.6 Å². The highest BCUT2D eigenvalue weighted by molar-refractivity contribution is 5.74. The van der Waals surface area contributed by atoms with Crippen molar-refractivity contribution in [2.45, 2.75) is 46.6 Å². The molecular formula is C15H24N6O2. The number of hydrogen-bond acceptors (Lipinski definition) is 5. The second-order valence-corrected chi connectivity index (χ2v) is 5.92. The summed E-state index contributed by atoms with van der Waals surface area (Å²) in [6.45, 7) is 6.80. The molecule has 0 atom stereocenters. The van der Waals surface area contributed by atoms with Gasteiger partial charge in [0.1, 0.15) is 0 Å². The van der Waals surface area contributed by atoms with E-state index in [9.17, 15) is 9.59 Å². The molecule has 0 amide bonds. The Morgan fingerprint density at radius 3 is 2.74 bits per heavy atom. The zero-order valence-corrected chi connectivity index (χ0v) is 14.1. The Balaban J connectivity index is 2.53. The van der Waals surface area contributed by atoms with Crippen LogP contribution in [0.2, 0.25) is 0 Å². The molecule has 8 nitrogen and oxygen atoms in total. The topological polar surface area (TPSA) is 97.1 Å². The highest BCUT2D eigenvalue weighted by Gasteiger charge is 2.16. The Morgan fingerprint density at radius 2 is 2.09 bits per heavy atom. The van der Waals surface area contributed by atoms with E-state index in [2.05, 4.69) is 27.4 Å². The minimum absolute atomic E-state index is 0.299. The first-order chi connectivity index (χ1) is 11.0. The molecule has 2 heterocycles. The Labute approximate surface area is 134 Å². The molecule has 0 saturated carbocycles. The normalized spacial score (nSPS) is 11.9. The van der Waals surface area contributed by atoms with Gasteiger partial charge in [0.2, 0.25) is 5.95 Å². The summed E-state index contributed by atoms with van der Waals surface area (Å²) >= 11 is 0. The van der Waals surface area contributed by atoms with Gasteiger partial charge >= 0.3 is 5.69 Å². The molecule has 0 bridgehead atoms. The lowest BCUT2D eigenvalue weighted by Crippen LogP contribution is -2.29. The Kier molecular flexibility index (Phi) is 5.36. The number of anilines is 1.